The van der Waals surface area contributed by atoms with E-state index in [0.29, 0.717) is 19.0 Å². The second kappa shape index (κ2) is 8.82. The van der Waals surface area contributed by atoms with E-state index in [4.69, 9.17) is 14.2 Å². The molecule has 0 aliphatic carbocycles. The Hall–Kier alpha value is -1.26. The lowest BCUT2D eigenvalue weighted by molar-refractivity contribution is -0.00979. The van der Waals surface area contributed by atoms with Crippen molar-refractivity contribution in [3.8, 4) is 11.5 Å². The van der Waals surface area contributed by atoms with Crippen LogP contribution in [0.4, 0.5) is 0 Å². The smallest absolute Gasteiger partial charge is 0.189 e. The zero-order valence-electron chi connectivity index (χ0n) is 13.0. The van der Waals surface area contributed by atoms with Crippen LogP contribution in [0, 0.1) is 13.8 Å². The van der Waals surface area contributed by atoms with E-state index in [1.807, 2.05) is 13.8 Å². The predicted molar refractivity (Wildman–Crippen MR) is 79.5 cm³/mol. The number of phenolic OH excluding ortho intramolecular Hbond substituents is 1. The molecule has 0 unspecified atom stereocenters. The Bertz CT molecular complexity index is 415. The zero-order valence-corrected chi connectivity index (χ0v) is 13.0. The van der Waals surface area contributed by atoms with Crippen molar-refractivity contribution in [3.05, 3.63) is 22.8 Å². The average molecular weight is 282 g/mol. The van der Waals surface area contributed by atoms with Crippen LogP contribution < -0.4 is 4.74 Å². The molecule has 0 saturated heterocycles. The van der Waals surface area contributed by atoms with E-state index >= 15 is 0 Å². The number of hydrogen-bond acceptors (Lipinski definition) is 4. The van der Waals surface area contributed by atoms with Crippen LogP contribution in [0.3, 0.4) is 0 Å². The van der Waals surface area contributed by atoms with Crippen molar-refractivity contribution in [2.24, 2.45) is 0 Å². The molecule has 0 atom stereocenters. The van der Waals surface area contributed by atoms with E-state index < -0.39 is 0 Å². The standard InChI is InChI=1S/C16H26O4/c1-5-6-7-14-12(2)10-15(17)16(13(14)3)20-11-19-9-8-18-4/h10,17H,5-9,11H2,1-4H3. The minimum absolute atomic E-state index is 0.119. The summed E-state index contributed by atoms with van der Waals surface area (Å²) in [5, 5.41) is 10.0. The first kappa shape index (κ1) is 16.8. The van der Waals surface area contributed by atoms with Gasteiger partial charge >= 0.3 is 0 Å². The minimum Gasteiger partial charge on any atom is -0.504 e. The fraction of sp³-hybridized carbons (Fsp3) is 0.625. The van der Waals surface area contributed by atoms with E-state index in [2.05, 4.69) is 6.92 Å². The maximum absolute atomic E-state index is 10.0. The number of aryl methyl sites for hydroxylation is 1. The second-order valence-corrected chi connectivity index (χ2v) is 4.91. The molecule has 0 spiro atoms. The SMILES string of the molecule is CCCCc1c(C)cc(O)c(OCOCCOC)c1C. The summed E-state index contributed by atoms with van der Waals surface area (Å²) in [5.41, 5.74) is 3.38. The monoisotopic (exact) mass is 282 g/mol. The minimum atomic E-state index is 0.119. The molecular formula is C16H26O4. The van der Waals surface area contributed by atoms with Gasteiger partial charge in [0.05, 0.1) is 13.2 Å². The van der Waals surface area contributed by atoms with Crippen molar-refractivity contribution in [2.45, 2.75) is 40.0 Å². The maximum atomic E-state index is 10.0. The molecule has 0 bridgehead atoms. The van der Waals surface area contributed by atoms with Gasteiger partial charge in [0.25, 0.3) is 0 Å². The Morgan fingerprint density at radius 1 is 1.20 bits per heavy atom. The van der Waals surface area contributed by atoms with Crippen molar-refractivity contribution in [3.63, 3.8) is 0 Å². The van der Waals surface area contributed by atoms with Gasteiger partial charge in [0, 0.05) is 7.11 Å². The summed E-state index contributed by atoms with van der Waals surface area (Å²) >= 11 is 0. The first-order valence-corrected chi connectivity index (χ1v) is 7.13. The molecule has 20 heavy (non-hydrogen) atoms. The van der Waals surface area contributed by atoms with E-state index in [9.17, 15) is 5.11 Å². The number of rotatable bonds is 9. The number of benzene rings is 1. The average Bonchev–Trinajstić information content (AvgIpc) is 2.41. The van der Waals surface area contributed by atoms with E-state index in [1.54, 1.807) is 13.2 Å². The van der Waals surface area contributed by atoms with Gasteiger partial charge in [-0.1, -0.05) is 13.3 Å². The summed E-state index contributed by atoms with van der Waals surface area (Å²) in [7, 11) is 1.63. The van der Waals surface area contributed by atoms with Crippen LogP contribution in [0.2, 0.25) is 0 Å². The highest BCUT2D eigenvalue weighted by Crippen LogP contribution is 2.35. The third-order valence-corrected chi connectivity index (χ3v) is 3.35. The third-order valence-electron chi connectivity index (χ3n) is 3.35. The van der Waals surface area contributed by atoms with Gasteiger partial charge in [-0.15, -0.1) is 0 Å². The lowest BCUT2D eigenvalue weighted by Gasteiger charge is -2.17. The van der Waals surface area contributed by atoms with Gasteiger partial charge in [0.1, 0.15) is 0 Å². The van der Waals surface area contributed by atoms with Gasteiger partial charge in [-0.05, 0) is 49.4 Å². The summed E-state index contributed by atoms with van der Waals surface area (Å²) in [6, 6.07) is 1.77. The number of aromatic hydroxyl groups is 1. The predicted octanol–water partition coefficient (Wildman–Crippen LogP) is 3.35. The Morgan fingerprint density at radius 3 is 2.60 bits per heavy atom. The number of ether oxygens (including phenoxy) is 3. The summed E-state index contributed by atoms with van der Waals surface area (Å²) in [6.07, 6.45) is 3.29. The van der Waals surface area contributed by atoms with Gasteiger partial charge < -0.3 is 19.3 Å². The van der Waals surface area contributed by atoms with Crippen molar-refractivity contribution < 1.29 is 19.3 Å². The number of phenols is 1. The number of hydrogen-bond donors (Lipinski definition) is 1. The molecule has 1 aromatic rings. The summed E-state index contributed by atoms with van der Waals surface area (Å²) in [6.45, 7) is 7.31. The van der Waals surface area contributed by atoms with E-state index in [0.717, 1.165) is 30.4 Å². The van der Waals surface area contributed by atoms with Gasteiger partial charge in [-0.25, -0.2) is 0 Å². The third kappa shape index (κ3) is 4.69. The van der Waals surface area contributed by atoms with Crippen LogP contribution in [-0.2, 0) is 15.9 Å². The molecule has 1 aromatic carbocycles. The largest absolute Gasteiger partial charge is 0.504 e. The molecule has 1 rings (SSSR count). The van der Waals surface area contributed by atoms with Crippen LogP contribution in [-0.4, -0.2) is 32.2 Å². The highest BCUT2D eigenvalue weighted by Gasteiger charge is 2.13. The molecule has 0 heterocycles. The fourth-order valence-electron chi connectivity index (χ4n) is 2.20. The van der Waals surface area contributed by atoms with E-state index in [1.165, 1.54) is 5.56 Å². The zero-order chi connectivity index (χ0) is 15.0. The molecule has 0 aliphatic heterocycles. The highest BCUT2D eigenvalue weighted by atomic mass is 16.7. The number of methoxy groups -OCH3 is 1. The molecule has 0 saturated carbocycles. The Kier molecular flexibility index (Phi) is 7.41. The molecule has 4 heteroatoms. The quantitative estimate of drug-likeness (QED) is 0.557. The van der Waals surface area contributed by atoms with Crippen molar-refractivity contribution in [1.82, 2.24) is 0 Å². The molecule has 0 amide bonds. The first-order chi connectivity index (χ1) is 9.61. The maximum Gasteiger partial charge on any atom is 0.189 e. The first-order valence-electron chi connectivity index (χ1n) is 7.13. The van der Waals surface area contributed by atoms with Crippen LogP contribution in [0.5, 0.6) is 11.5 Å². The van der Waals surface area contributed by atoms with Gasteiger partial charge in [-0.3, -0.25) is 0 Å². The Morgan fingerprint density at radius 2 is 1.95 bits per heavy atom. The topological polar surface area (TPSA) is 47.9 Å². The Balaban J connectivity index is 2.73. The molecule has 0 radical (unpaired) electrons. The lowest BCUT2D eigenvalue weighted by Crippen LogP contribution is -2.09. The Labute approximate surface area is 121 Å². The van der Waals surface area contributed by atoms with E-state index in [-0.39, 0.29) is 12.5 Å². The summed E-state index contributed by atoms with van der Waals surface area (Å²) < 4.78 is 15.7. The van der Waals surface area contributed by atoms with Gasteiger partial charge in [0.15, 0.2) is 18.3 Å². The van der Waals surface area contributed by atoms with Crippen LogP contribution in [0.1, 0.15) is 36.5 Å². The fourth-order valence-corrected chi connectivity index (χ4v) is 2.20. The van der Waals surface area contributed by atoms with Gasteiger partial charge in [0.2, 0.25) is 0 Å². The molecule has 0 aromatic heterocycles. The second-order valence-electron chi connectivity index (χ2n) is 4.91. The van der Waals surface area contributed by atoms with Crippen LogP contribution in [0.25, 0.3) is 0 Å². The molecule has 0 fully saturated rings. The van der Waals surface area contributed by atoms with Crippen LogP contribution in [0.15, 0.2) is 6.07 Å². The molecule has 1 N–H and O–H groups in total. The van der Waals surface area contributed by atoms with Crippen molar-refractivity contribution >= 4 is 0 Å². The summed E-state index contributed by atoms with van der Waals surface area (Å²) in [4.78, 5) is 0. The molecule has 4 nitrogen and oxygen atoms in total. The normalized spacial score (nSPS) is 10.8. The molecule has 0 aliphatic rings. The molecular weight excluding hydrogens is 256 g/mol. The summed E-state index contributed by atoms with van der Waals surface area (Å²) in [5.74, 6) is 0.703. The van der Waals surface area contributed by atoms with Crippen molar-refractivity contribution in [2.75, 3.05) is 27.1 Å². The highest BCUT2D eigenvalue weighted by molar-refractivity contribution is 5.52. The van der Waals surface area contributed by atoms with Gasteiger partial charge in [-0.2, -0.15) is 0 Å². The van der Waals surface area contributed by atoms with Crippen LogP contribution >= 0.6 is 0 Å². The van der Waals surface area contributed by atoms with Crippen molar-refractivity contribution in [1.29, 1.82) is 0 Å². The molecule has 114 valence electrons. The number of unbranched alkanes of at least 4 members (excludes halogenated alkanes) is 1. The lowest BCUT2D eigenvalue weighted by atomic mass is 9.96.